The molecule has 36 heavy (non-hydrogen) atoms. The lowest BCUT2D eigenvalue weighted by Gasteiger charge is -2.29. The van der Waals surface area contributed by atoms with E-state index in [2.05, 4.69) is 6.92 Å². The minimum atomic E-state index is -0.573. The number of carbonyl (C=O) groups excluding carboxylic acids is 3. The van der Waals surface area contributed by atoms with Crippen molar-refractivity contribution < 1.29 is 33.3 Å². The number of hydrogen-bond donors (Lipinski definition) is 0. The Morgan fingerprint density at radius 2 is 1.61 bits per heavy atom. The van der Waals surface area contributed by atoms with Crippen molar-refractivity contribution in [1.29, 1.82) is 0 Å². The van der Waals surface area contributed by atoms with Crippen LogP contribution in [0.5, 0.6) is 17.2 Å². The minimum Gasteiger partial charge on any atom is -0.494 e. The quantitative estimate of drug-likeness (QED) is 0.231. The molecule has 0 aliphatic carbocycles. The Labute approximate surface area is 212 Å². The van der Waals surface area contributed by atoms with Gasteiger partial charge in [-0.15, -0.1) is 0 Å². The number of esters is 1. The Balaban J connectivity index is 1.41. The summed E-state index contributed by atoms with van der Waals surface area (Å²) >= 11 is 0. The number of ketones is 1. The van der Waals surface area contributed by atoms with Gasteiger partial charge in [-0.2, -0.15) is 0 Å². The molecule has 1 aliphatic rings. The molecule has 0 spiro atoms. The van der Waals surface area contributed by atoms with Crippen LogP contribution in [0.1, 0.15) is 60.5 Å². The van der Waals surface area contributed by atoms with Crippen molar-refractivity contribution in [2.24, 2.45) is 0 Å². The molecule has 1 heterocycles. The van der Waals surface area contributed by atoms with E-state index >= 15 is 0 Å². The molecule has 0 radical (unpaired) electrons. The molecule has 0 saturated heterocycles. The average molecular weight is 498 g/mol. The molecule has 194 valence electrons. The summed E-state index contributed by atoms with van der Waals surface area (Å²) in [6.07, 6.45) is 3.86. The monoisotopic (exact) mass is 497 g/mol. The molecule has 0 fully saturated rings. The molecule has 0 aromatic heterocycles. The van der Waals surface area contributed by atoms with Crippen molar-refractivity contribution in [3.63, 3.8) is 0 Å². The molecule has 2 aromatic carbocycles. The first-order valence-electron chi connectivity index (χ1n) is 12.4. The summed E-state index contributed by atoms with van der Waals surface area (Å²) in [7, 11) is 3.16. The van der Waals surface area contributed by atoms with Gasteiger partial charge in [0, 0.05) is 25.1 Å². The van der Waals surface area contributed by atoms with Gasteiger partial charge in [0.05, 0.1) is 27.2 Å². The summed E-state index contributed by atoms with van der Waals surface area (Å²) in [5, 5.41) is 0. The van der Waals surface area contributed by atoms with Gasteiger partial charge in [-0.1, -0.05) is 19.8 Å². The highest BCUT2D eigenvalue weighted by molar-refractivity contribution is 5.97. The lowest BCUT2D eigenvalue weighted by Crippen LogP contribution is -2.38. The number of carbonyl (C=O) groups is 3. The van der Waals surface area contributed by atoms with Gasteiger partial charge in [0.2, 0.25) is 0 Å². The number of fused-ring (bicyclic) bond motifs is 1. The molecule has 0 saturated carbocycles. The number of unbranched alkanes of at least 4 members (excludes halogenated alkanes) is 2. The zero-order valence-corrected chi connectivity index (χ0v) is 21.3. The van der Waals surface area contributed by atoms with E-state index in [1.54, 1.807) is 43.4 Å². The third kappa shape index (κ3) is 7.47. The number of amides is 1. The number of hydrogen-bond acceptors (Lipinski definition) is 7. The van der Waals surface area contributed by atoms with Gasteiger partial charge >= 0.3 is 5.97 Å². The first-order valence-corrected chi connectivity index (χ1v) is 12.4. The van der Waals surface area contributed by atoms with Crippen LogP contribution >= 0.6 is 0 Å². The first kappa shape index (κ1) is 27.0. The second-order valence-corrected chi connectivity index (χ2v) is 8.71. The number of benzene rings is 2. The smallest absolute Gasteiger partial charge is 0.306 e. The third-order valence-electron chi connectivity index (χ3n) is 6.18. The van der Waals surface area contributed by atoms with Crippen LogP contribution in [0, 0.1) is 0 Å². The minimum absolute atomic E-state index is 0.0163. The van der Waals surface area contributed by atoms with Gasteiger partial charge in [0.25, 0.3) is 5.91 Å². The van der Waals surface area contributed by atoms with Crippen LogP contribution in [0.15, 0.2) is 36.4 Å². The van der Waals surface area contributed by atoms with E-state index < -0.39 is 5.97 Å². The standard InChI is InChI=1S/C28H35NO7/c1-4-5-6-15-35-23-9-7-20(8-10-23)24(30)11-12-28(32)36-19-27(31)29-14-13-21-16-25(33-2)26(34-3)17-22(21)18-29/h7-10,16-17H,4-6,11-15,18-19H2,1-3H3. The maximum absolute atomic E-state index is 12.6. The summed E-state index contributed by atoms with van der Waals surface area (Å²) in [6.45, 7) is 3.37. The van der Waals surface area contributed by atoms with Gasteiger partial charge in [-0.3, -0.25) is 14.4 Å². The number of rotatable bonds is 13. The van der Waals surface area contributed by atoms with E-state index in [-0.39, 0.29) is 31.1 Å². The predicted octanol–water partition coefficient (Wildman–Crippen LogP) is 4.36. The van der Waals surface area contributed by atoms with E-state index in [0.29, 0.717) is 43.2 Å². The molecule has 8 nitrogen and oxygen atoms in total. The SMILES string of the molecule is CCCCCOc1ccc(C(=O)CCC(=O)OCC(=O)N2CCc3cc(OC)c(OC)cc3C2)cc1. The fourth-order valence-corrected chi connectivity index (χ4v) is 4.04. The first-order chi connectivity index (χ1) is 17.4. The Kier molecular flexibility index (Phi) is 10.2. The van der Waals surface area contributed by atoms with Crippen LogP contribution < -0.4 is 14.2 Å². The molecule has 3 rings (SSSR count). The molecule has 0 N–H and O–H groups in total. The highest BCUT2D eigenvalue weighted by atomic mass is 16.5. The lowest BCUT2D eigenvalue weighted by molar-refractivity contribution is -0.152. The molecule has 8 heteroatoms. The van der Waals surface area contributed by atoms with Gasteiger partial charge in [0.1, 0.15) is 5.75 Å². The zero-order valence-electron chi connectivity index (χ0n) is 21.3. The van der Waals surface area contributed by atoms with Gasteiger partial charge < -0.3 is 23.8 Å². The fourth-order valence-electron chi connectivity index (χ4n) is 4.04. The number of ether oxygens (including phenoxy) is 4. The van der Waals surface area contributed by atoms with Crippen LogP contribution in [0.2, 0.25) is 0 Å². The van der Waals surface area contributed by atoms with Crippen LogP contribution in [0.3, 0.4) is 0 Å². The number of nitrogens with zero attached hydrogens (tertiary/aromatic N) is 1. The highest BCUT2D eigenvalue weighted by Crippen LogP contribution is 2.33. The maximum atomic E-state index is 12.6. The van der Waals surface area contributed by atoms with Gasteiger partial charge in [-0.05, 0) is 60.4 Å². The zero-order chi connectivity index (χ0) is 25.9. The highest BCUT2D eigenvalue weighted by Gasteiger charge is 2.24. The molecule has 0 unspecified atom stereocenters. The van der Waals surface area contributed by atoms with Crippen molar-refractivity contribution in [2.75, 3.05) is 34.0 Å². The van der Waals surface area contributed by atoms with E-state index in [1.807, 2.05) is 12.1 Å². The second kappa shape index (κ2) is 13.5. The van der Waals surface area contributed by atoms with Gasteiger partial charge in [-0.25, -0.2) is 0 Å². The molecule has 1 amide bonds. The summed E-state index contributed by atoms with van der Waals surface area (Å²) in [5.41, 5.74) is 2.59. The molecule has 0 atom stereocenters. The van der Waals surface area contributed by atoms with Crippen LogP contribution in [0.4, 0.5) is 0 Å². The Bertz CT molecular complexity index is 1050. The second-order valence-electron chi connectivity index (χ2n) is 8.71. The van der Waals surface area contributed by atoms with E-state index in [1.165, 1.54) is 0 Å². The van der Waals surface area contributed by atoms with Crippen LogP contribution in [0.25, 0.3) is 0 Å². The van der Waals surface area contributed by atoms with Crippen molar-refractivity contribution in [3.8, 4) is 17.2 Å². The predicted molar refractivity (Wildman–Crippen MR) is 135 cm³/mol. The molecule has 2 aromatic rings. The topological polar surface area (TPSA) is 91.4 Å². The van der Waals surface area contributed by atoms with E-state index in [0.717, 1.165) is 36.1 Å². The molecular formula is C28H35NO7. The Morgan fingerprint density at radius 3 is 2.28 bits per heavy atom. The molecular weight excluding hydrogens is 462 g/mol. The maximum Gasteiger partial charge on any atom is 0.306 e. The van der Waals surface area contributed by atoms with Crippen molar-refractivity contribution >= 4 is 17.7 Å². The van der Waals surface area contributed by atoms with Crippen LogP contribution in [-0.4, -0.2) is 56.5 Å². The third-order valence-corrected chi connectivity index (χ3v) is 6.18. The number of methoxy groups -OCH3 is 2. The summed E-state index contributed by atoms with van der Waals surface area (Å²) in [4.78, 5) is 38.8. The van der Waals surface area contributed by atoms with E-state index in [4.69, 9.17) is 18.9 Å². The van der Waals surface area contributed by atoms with Crippen molar-refractivity contribution in [3.05, 3.63) is 53.1 Å². The number of Topliss-reactive ketones (excluding diaryl/α,β-unsaturated/α-hetero) is 1. The van der Waals surface area contributed by atoms with Gasteiger partial charge in [0.15, 0.2) is 23.9 Å². The average Bonchev–Trinajstić information content (AvgIpc) is 2.91. The normalized spacial score (nSPS) is 12.5. The summed E-state index contributed by atoms with van der Waals surface area (Å²) in [5.74, 6) is 0.981. The lowest BCUT2D eigenvalue weighted by atomic mass is 9.99. The largest absolute Gasteiger partial charge is 0.494 e. The molecule has 0 bridgehead atoms. The van der Waals surface area contributed by atoms with E-state index in [9.17, 15) is 14.4 Å². The fraction of sp³-hybridized carbons (Fsp3) is 0.464. The van der Waals surface area contributed by atoms with Crippen molar-refractivity contribution in [1.82, 2.24) is 4.90 Å². The van der Waals surface area contributed by atoms with Crippen molar-refractivity contribution in [2.45, 2.75) is 52.0 Å². The molecule has 1 aliphatic heterocycles. The summed E-state index contributed by atoms with van der Waals surface area (Å²) in [6, 6.07) is 10.7. The summed E-state index contributed by atoms with van der Waals surface area (Å²) < 4.78 is 21.5. The Hall–Kier alpha value is -3.55. The Morgan fingerprint density at radius 1 is 0.917 bits per heavy atom. The van der Waals surface area contributed by atoms with Crippen LogP contribution in [-0.2, 0) is 27.3 Å².